The highest BCUT2D eigenvalue weighted by Gasteiger charge is 2.14. The zero-order chi connectivity index (χ0) is 15.3. The van der Waals surface area contributed by atoms with Gasteiger partial charge in [0.1, 0.15) is 5.82 Å². The molecule has 8 heteroatoms. The summed E-state index contributed by atoms with van der Waals surface area (Å²) in [6.07, 6.45) is 1.74. The van der Waals surface area contributed by atoms with Crippen LogP contribution in [0.4, 0.5) is 5.82 Å². The molecule has 0 radical (unpaired) electrons. The molecule has 7 nitrogen and oxygen atoms in total. The Bertz CT molecular complexity index is 586. The number of aromatic nitrogens is 1. The average molecular weight is 302 g/mol. The number of pyridine rings is 1. The molecule has 1 rings (SSSR count). The zero-order valence-corrected chi connectivity index (χ0v) is 12.7. The third-order valence-corrected chi connectivity index (χ3v) is 2.94. The molecule has 0 fully saturated rings. The van der Waals surface area contributed by atoms with Gasteiger partial charge in [-0.15, -0.1) is 0 Å². The molecule has 112 valence electrons. The number of rotatable bonds is 6. The largest absolute Gasteiger partial charge is 0.465 e. The Kier molecular flexibility index (Phi) is 5.32. The van der Waals surface area contributed by atoms with E-state index in [1.807, 2.05) is 13.8 Å². The van der Waals surface area contributed by atoms with E-state index in [0.717, 1.165) is 12.7 Å². The topological polar surface area (TPSA) is 94.6 Å². The summed E-state index contributed by atoms with van der Waals surface area (Å²) in [4.78, 5) is 15.6. The van der Waals surface area contributed by atoms with Crippen LogP contribution in [0, 0.1) is 0 Å². The molecule has 1 aromatic rings. The van der Waals surface area contributed by atoms with Crippen molar-refractivity contribution in [1.82, 2.24) is 4.98 Å². The first-order valence-electron chi connectivity index (χ1n) is 6.01. The molecule has 0 aromatic carbocycles. The number of hydrogen-bond donors (Lipinski definition) is 1. The molecule has 0 saturated carbocycles. The number of methoxy groups -OCH3 is 1. The summed E-state index contributed by atoms with van der Waals surface area (Å²) in [5, 5.41) is 3.04. The van der Waals surface area contributed by atoms with Gasteiger partial charge in [-0.25, -0.2) is 4.79 Å². The number of carbonyl (C=O) groups is 1. The van der Waals surface area contributed by atoms with E-state index in [0.29, 0.717) is 5.82 Å². The SMILES string of the molecule is CCC(C)Nc1cc(C(=O)OC)cc(OS(C)(=O)=O)n1. The van der Waals surface area contributed by atoms with Gasteiger partial charge in [-0.3, -0.25) is 0 Å². The van der Waals surface area contributed by atoms with Crippen LogP contribution in [0.2, 0.25) is 0 Å². The number of nitrogens with one attached hydrogen (secondary N) is 1. The minimum absolute atomic E-state index is 0.112. The molecular weight excluding hydrogens is 284 g/mol. The summed E-state index contributed by atoms with van der Waals surface area (Å²) in [5.41, 5.74) is 0.159. The Balaban J connectivity index is 3.17. The van der Waals surface area contributed by atoms with E-state index < -0.39 is 16.1 Å². The molecule has 0 spiro atoms. The van der Waals surface area contributed by atoms with Crippen LogP contribution in [0.15, 0.2) is 12.1 Å². The third kappa shape index (κ3) is 5.04. The van der Waals surface area contributed by atoms with Crippen LogP contribution in [0.1, 0.15) is 30.6 Å². The van der Waals surface area contributed by atoms with Gasteiger partial charge in [-0.05, 0) is 19.4 Å². The van der Waals surface area contributed by atoms with Crippen molar-refractivity contribution in [3.63, 3.8) is 0 Å². The van der Waals surface area contributed by atoms with Gasteiger partial charge in [0.15, 0.2) is 0 Å². The van der Waals surface area contributed by atoms with Gasteiger partial charge in [0, 0.05) is 12.1 Å². The predicted molar refractivity (Wildman–Crippen MR) is 74.4 cm³/mol. The van der Waals surface area contributed by atoms with Gasteiger partial charge >= 0.3 is 16.1 Å². The predicted octanol–water partition coefficient (Wildman–Crippen LogP) is 1.42. The lowest BCUT2D eigenvalue weighted by molar-refractivity contribution is 0.0600. The molecule has 0 saturated heterocycles. The molecule has 20 heavy (non-hydrogen) atoms. The maximum Gasteiger partial charge on any atom is 0.338 e. The second-order valence-corrected chi connectivity index (χ2v) is 5.89. The van der Waals surface area contributed by atoms with Crippen molar-refractivity contribution in [2.24, 2.45) is 0 Å². The average Bonchev–Trinajstić information content (AvgIpc) is 2.35. The fourth-order valence-corrected chi connectivity index (χ4v) is 1.76. The van der Waals surface area contributed by atoms with Crippen molar-refractivity contribution in [3.8, 4) is 5.88 Å². The lowest BCUT2D eigenvalue weighted by atomic mass is 10.2. The van der Waals surface area contributed by atoms with Gasteiger partial charge in [0.25, 0.3) is 0 Å². The molecule has 0 aliphatic rings. The number of hydrogen-bond acceptors (Lipinski definition) is 7. The molecule has 0 bridgehead atoms. The van der Waals surface area contributed by atoms with Crippen molar-refractivity contribution < 1.29 is 22.1 Å². The molecule has 1 heterocycles. The highest BCUT2D eigenvalue weighted by atomic mass is 32.2. The number of nitrogens with zero attached hydrogens (tertiary/aromatic N) is 1. The lowest BCUT2D eigenvalue weighted by Gasteiger charge is -2.14. The standard InChI is InChI=1S/C12H18N2O5S/c1-5-8(2)13-10-6-9(12(15)18-3)7-11(14-10)19-20(4,16)17/h6-8H,5H2,1-4H3,(H,13,14). The van der Waals surface area contributed by atoms with Gasteiger partial charge in [0.2, 0.25) is 5.88 Å². The zero-order valence-electron chi connectivity index (χ0n) is 11.8. The Labute approximate surface area is 118 Å². The first-order chi connectivity index (χ1) is 9.25. The molecule has 1 aromatic heterocycles. The lowest BCUT2D eigenvalue weighted by Crippen LogP contribution is -2.16. The van der Waals surface area contributed by atoms with Crippen LogP contribution < -0.4 is 9.50 Å². The van der Waals surface area contributed by atoms with Crippen LogP contribution in [-0.2, 0) is 14.9 Å². The number of ether oxygens (including phenoxy) is 1. The van der Waals surface area contributed by atoms with E-state index in [9.17, 15) is 13.2 Å². The maximum atomic E-state index is 11.6. The maximum absolute atomic E-state index is 11.6. The molecule has 0 aliphatic carbocycles. The summed E-state index contributed by atoms with van der Waals surface area (Å²) < 4.78 is 31.6. The van der Waals surface area contributed by atoms with Crippen LogP contribution in [0.25, 0.3) is 0 Å². The van der Waals surface area contributed by atoms with Crippen molar-refractivity contribution in [1.29, 1.82) is 0 Å². The van der Waals surface area contributed by atoms with Crippen molar-refractivity contribution in [3.05, 3.63) is 17.7 Å². The van der Waals surface area contributed by atoms with E-state index in [1.54, 1.807) is 0 Å². The van der Waals surface area contributed by atoms with Crippen LogP contribution in [0.3, 0.4) is 0 Å². The number of esters is 1. The Hall–Kier alpha value is -1.83. The molecule has 0 aliphatic heterocycles. The third-order valence-electron chi connectivity index (χ3n) is 2.47. The molecule has 1 unspecified atom stereocenters. The van der Waals surface area contributed by atoms with Crippen molar-refractivity contribution >= 4 is 21.9 Å². The molecular formula is C12H18N2O5S. The Morgan fingerprint density at radius 3 is 2.60 bits per heavy atom. The quantitative estimate of drug-likeness (QED) is 0.627. The van der Waals surface area contributed by atoms with E-state index in [1.165, 1.54) is 19.2 Å². The highest BCUT2D eigenvalue weighted by Crippen LogP contribution is 2.19. The fraction of sp³-hybridized carbons (Fsp3) is 0.500. The monoisotopic (exact) mass is 302 g/mol. The first kappa shape index (κ1) is 16.2. The molecule has 1 atom stereocenters. The van der Waals surface area contributed by atoms with Crippen LogP contribution in [0.5, 0.6) is 5.88 Å². The van der Waals surface area contributed by atoms with E-state index in [-0.39, 0.29) is 17.5 Å². The normalized spacial score (nSPS) is 12.6. The highest BCUT2D eigenvalue weighted by molar-refractivity contribution is 7.86. The minimum Gasteiger partial charge on any atom is -0.465 e. The first-order valence-corrected chi connectivity index (χ1v) is 7.83. The number of carbonyl (C=O) groups excluding carboxylic acids is 1. The molecule has 0 amide bonds. The van der Waals surface area contributed by atoms with Crippen molar-refractivity contribution in [2.75, 3.05) is 18.7 Å². The Morgan fingerprint density at radius 1 is 1.45 bits per heavy atom. The van der Waals surface area contributed by atoms with Gasteiger partial charge in [-0.2, -0.15) is 13.4 Å². The Morgan fingerprint density at radius 2 is 2.10 bits per heavy atom. The van der Waals surface area contributed by atoms with Gasteiger partial charge in [0.05, 0.1) is 18.9 Å². The van der Waals surface area contributed by atoms with Gasteiger partial charge in [-0.1, -0.05) is 6.92 Å². The van der Waals surface area contributed by atoms with Crippen molar-refractivity contribution in [2.45, 2.75) is 26.3 Å². The van der Waals surface area contributed by atoms with E-state index in [4.69, 9.17) is 4.18 Å². The van der Waals surface area contributed by atoms with E-state index >= 15 is 0 Å². The summed E-state index contributed by atoms with van der Waals surface area (Å²) in [5.74, 6) is -0.431. The van der Waals surface area contributed by atoms with Gasteiger partial charge < -0.3 is 14.2 Å². The second-order valence-electron chi connectivity index (χ2n) is 4.31. The summed E-state index contributed by atoms with van der Waals surface area (Å²) in [7, 11) is -2.48. The summed E-state index contributed by atoms with van der Waals surface area (Å²) in [6, 6.07) is 2.81. The van der Waals surface area contributed by atoms with Crippen LogP contribution in [-0.4, -0.2) is 38.8 Å². The summed E-state index contributed by atoms with van der Waals surface area (Å²) in [6.45, 7) is 3.92. The molecule has 1 N–H and O–H groups in total. The number of anilines is 1. The minimum atomic E-state index is -3.72. The van der Waals surface area contributed by atoms with E-state index in [2.05, 4.69) is 15.0 Å². The van der Waals surface area contributed by atoms with Crippen LogP contribution >= 0.6 is 0 Å². The second kappa shape index (κ2) is 6.56. The fourth-order valence-electron chi connectivity index (χ4n) is 1.37. The smallest absolute Gasteiger partial charge is 0.338 e. The summed E-state index contributed by atoms with van der Waals surface area (Å²) >= 11 is 0.